The maximum atomic E-state index is 12.6. The van der Waals surface area contributed by atoms with Crippen LogP contribution >= 0.6 is 0 Å². The molecule has 3 nitrogen and oxygen atoms in total. The number of nitrogens with one attached hydrogen (secondary N) is 1. The van der Waals surface area contributed by atoms with E-state index in [4.69, 9.17) is 0 Å². The van der Waals surface area contributed by atoms with Crippen molar-refractivity contribution in [1.29, 1.82) is 0 Å². The Kier molecular flexibility index (Phi) is 2.26. The second-order valence-electron chi connectivity index (χ2n) is 3.04. The van der Waals surface area contributed by atoms with Crippen LogP contribution < -0.4 is 0 Å². The van der Waals surface area contributed by atoms with Gasteiger partial charge in [0.2, 0.25) is 0 Å². The average Bonchev–Trinajstić information content (AvgIpc) is 2.56. The molecule has 1 aromatic heterocycles. The number of hydrogen-bond acceptors (Lipinski definition) is 2. The number of aromatic amines is 1. The summed E-state index contributed by atoms with van der Waals surface area (Å²) in [6.07, 6.45) is 0.645. The molecule has 14 heavy (non-hydrogen) atoms. The van der Waals surface area contributed by atoms with Gasteiger partial charge < -0.3 is 0 Å². The smallest absolute Gasteiger partial charge is 0.123 e. The minimum atomic E-state index is -0.230. The molecule has 2 aromatic rings. The lowest BCUT2D eigenvalue weighted by atomic mass is 10.1. The number of H-pyrrole nitrogens is 1. The highest BCUT2D eigenvalue weighted by Crippen LogP contribution is 2.09. The fourth-order valence-corrected chi connectivity index (χ4v) is 1.22. The summed E-state index contributed by atoms with van der Waals surface area (Å²) >= 11 is 0. The highest BCUT2D eigenvalue weighted by molar-refractivity contribution is 5.24. The van der Waals surface area contributed by atoms with Crippen molar-refractivity contribution in [3.8, 4) is 0 Å². The molecule has 0 saturated carbocycles. The molecule has 0 aliphatic carbocycles. The highest BCUT2D eigenvalue weighted by Gasteiger charge is 2.03. The molecule has 1 heterocycles. The van der Waals surface area contributed by atoms with Gasteiger partial charge in [0.25, 0.3) is 0 Å². The number of nitrogens with zero attached hydrogens (tertiary/aromatic N) is 2. The molecule has 1 radical (unpaired) electrons. The van der Waals surface area contributed by atoms with Crippen LogP contribution in [0.2, 0.25) is 0 Å². The van der Waals surface area contributed by atoms with Crippen LogP contribution in [0.3, 0.4) is 0 Å². The van der Waals surface area contributed by atoms with Crippen molar-refractivity contribution in [2.45, 2.75) is 6.42 Å². The molecule has 4 heteroatoms. The van der Waals surface area contributed by atoms with Gasteiger partial charge in [0.15, 0.2) is 0 Å². The van der Waals surface area contributed by atoms with Crippen LogP contribution in [0.4, 0.5) is 4.39 Å². The van der Waals surface area contributed by atoms with Gasteiger partial charge in [-0.05, 0) is 24.6 Å². The Hall–Kier alpha value is -1.71. The average molecular weight is 190 g/mol. The fourth-order valence-electron chi connectivity index (χ4n) is 1.22. The van der Waals surface area contributed by atoms with Crippen molar-refractivity contribution in [1.82, 2.24) is 15.4 Å². The summed E-state index contributed by atoms with van der Waals surface area (Å²) in [5.74, 6) is -0.230. The first kappa shape index (κ1) is 8.87. The van der Waals surface area contributed by atoms with Gasteiger partial charge in [-0.3, -0.25) is 5.10 Å². The van der Waals surface area contributed by atoms with Crippen molar-refractivity contribution in [2.75, 3.05) is 0 Å². The van der Waals surface area contributed by atoms with Gasteiger partial charge in [0, 0.05) is 6.42 Å². The van der Waals surface area contributed by atoms with Gasteiger partial charge in [0.1, 0.15) is 5.82 Å². The van der Waals surface area contributed by atoms with E-state index in [2.05, 4.69) is 22.3 Å². The molecular weight excluding hydrogens is 181 g/mol. The number of benzene rings is 1. The van der Waals surface area contributed by atoms with Crippen molar-refractivity contribution < 1.29 is 4.39 Å². The summed E-state index contributed by atoms with van der Waals surface area (Å²) in [6.45, 7) is 3.72. The van der Waals surface area contributed by atoms with E-state index in [9.17, 15) is 4.39 Å². The molecule has 71 valence electrons. The standard InChI is InChI=1S/C10H9FN3/c1-7-10(13-14-12-7)6-8-2-4-9(11)5-3-8/h2-5H,1,6H2,(H,12,13,14). The molecule has 1 aromatic carbocycles. The number of hydrogen-bond donors (Lipinski definition) is 1. The molecule has 0 aliphatic rings. The number of halogens is 1. The first-order chi connectivity index (χ1) is 6.75. The zero-order valence-corrected chi connectivity index (χ0v) is 7.50. The summed E-state index contributed by atoms with van der Waals surface area (Å²) in [7, 11) is 0. The second kappa shape index (κ2) is 3.57. The Morgan fingerprint density at radius 2 is 2.00 bits per heavy atom. The van der Waals surface area contributed by atoms with Gasteiger partial charge >= 0.3 is 0 Å². The fraction of sp³-hybridized carbons (Fsp3) is 0.100. The lowest BCUT2D eigenvalue weighted by Gasteiger charge is -1.98. The van der Waals surface area contributed by atoms with E-state index in [0.29, 0.717) is 12.1 Å². The Labute approximate surface area is 81.0 Å². The van der Waals surface area contributed by atoms with Crippen LogP contribution in [0.1, 0.15) is 17.0 Å². The van der Waals surface area contributed by atoms with Crippen LogP contribution in [0.25, 0.3) is 0 Å². The predicted molar refractivity (Wildman–Crippen MR) is 50.0 cm³/mol. The highest BCUT2D eigenvalue weighted by atomic mass is 19.1. The van der Waals surface area contributed by atoms with E-state index >= 15 is 0 Å². The normalized spacial score (nSPS) is 10.4. The summed E-state index contributed by atoms with van der Waals surface area (Å²) in [5, 5.41) is 10.1. The van der Waals surface area contributed by atoms with Crippen LogP contribution in [-0.4, -0.2) is 15.4 Å². The summed E-state index contributed by atoms with van der Waals surface area (Å²) < 4.78 is 12.6. The lowest BCUT2D eigenvalue weighted by Crippen LogP contribution is -1.91. The van der Waals surface area contributed by atoms with Crippen molar-refractivity contribution in [3.05, 3.63) is 54.0 Å². The Morgan fingerprint density at radius 1 is 1.29 bits per heavy atom. The third-order valence-corrected chi connectivity index (χ3v) is 2.00. The van der Waals surface area contributed by atoms with Gasteiger partial charge in [-0.15, -0.1) is 5.10 Å². The maximum Gasteiger partial charge on any atom is 0.123 e. The van der Waals surface area contributed by atoms with E-state index in [0.717, 1.165) is 11.3 Å². The topological polar surface area (TPSA) is 41.6 Å². The molecule has 0 fully saturated rings. The zero-order valence-electron chi connectivity index (χ0n) is 7.50. The molecule has 0 bridgehead atoms. The van der Waals surface area contributed by atoms with Gasteiger partial charge in [0.05, 0.1) is 11.4 Å². The van der Waals surface area contributed by atoms with E-state index in [1.54, 1.807) is 12.1 Å². The molecule has 0 saturated heterocycles. The largest absolute Gasteiger partial charge is 0.262 e. The minimum Gasteiger partial charge on any atom is -0.262 e. The van der Waals surface area contributed by atoms with E-state index in [1.807, 2.05) is 0 Å². The predicted octanol–water partition coefficient (Wildman–Crippen LogP) is 1.72. The first-order valence-electron chi connectivity index (χ1n) is 4.22. The van der Waals surface area contributed by atoms with Crippen LogP contribution in [-0.2, 0) is 6.42 Å². The first-order valence-corrected chi connectivity index (χ1v) is 4.22. The van der Waals surface area contributed by atoms with Crippen LogP contribution in [0, 0.1) is 12.7 Å². The third-order valence-electron chi connectivity index (χ3n) is 2.00. The van der Waals surface area contributed by atoms with Crippen LogP contribution in [0.15, 0.2) is 24.3 Å². The Morgan fingerprint density at radius 3 is 2.57 bits per heavy atom. The summed E-state index contributed by atoms with van der Waals surface area (Å²) in [5.41, 5.74) is 2.49. The van der Waals surface area contributed by atoms with Gasteiger partial charge in [-0.1, -0.05) is 17.3 Å². The lowest BCUT2D eigenvalue weighted by molar-refractivity contribution is 0.627. The summed E-state index contributed by atoms with van der Waals surface area (Å²) in [6, 6.07) is 6.33. The molecule has 0 atom stereocenters. The maximum absolute atomic E-state index is 12.6. The minimum absolute atomic E-state index is 0.230. The van der Waals surface area contributed by atoms with Gasteiger partial charge in [-0.2, -0.15) is 0 Å². The van der Waals surface area contributed by atoms with Gasteiger partial charge in [-0.25, -0.2) is 4.39 Å². The third kappa shape index (κ3) is 1.79. The number of rotatable bonds is 2. The Bertz CT molecular complexity index is 419. The molecule has 0 spiro atoms. The molecule has 0 aliphatic heterocycles. The van der Waals surface area contributed by atoms with E-state index in [-0.39, 0.29) is 5.82 Å². The van der Waals surface area contributed by atoms with E-state index < -0.39 is 0 Å². The SMILES string of the molecule is [CH2]c1nn[nH]c1Cc1ccc(F)cc1. The second-order valence-corrected chi connectivity index (χ2v) is 3.04. The molecule has 2 rings (SSSR count). The Balaban J connectivity index is 2.19. The quantitative estimate of drug-likeness (QED) is 0.783. The van der Waals surface area contributed by atoms with Crippen molar-refractivity contribution >= 4 is 0 Å². The van der Waals surface area contributed by atoms with Crippen molar-refractivity contribution in [3.63, 3.8) is 0 Å². The summed E-state index contributed by atoms with van der Waals surface area (Å²) in [4.78, 5) is 0. The molecule has 1 N–H and O–H groups in total. The molecule has 0 unspecified atom stereocenters. The van der Waals surface area contributed by atoms with E-state index in [1.165, 1.54) is 12.1 Å². The monoisotopic (exact) mass is 190 g/mol. The van der Waals surface area contributed by atoms with Crippen LogP contribution in [0.5, 0.6) is 0 Å². The zero-order chi connectivity index (χ0) is 9.97. The molecule has 0 amide bonds. The van der Waals surface area contributed by atoms with Crippen molar-refractivity contribution in [2.24, 2.45) is 0 Å². The number of aromatic nitrogens is 3. The molecular formula is C10H9FN3.